The van der Waals surface area contributed by atoms with Gasteiger partial charge in [0.05, 0.1) is 30.3 Å². The van der Waals surface area contributed by atoms with Crippen LogP contribution in [0, 0.1) is 5.82 Å². The molecule has 2 aromatic carbocycles. The first-order valence-corrected chi connectivity index (χ1v) is 11.6. The second-order valence-electron chi connectivity index (χ2n) is 8.64. The van der Waals surface area contributed by atoms with Crippen molar-refractivity contribution in [1.29, 1.82) is 0 Å². The quantitative estimate of drug-likeness (QED) is 0.449. The maximum Gasteiger partial charge on any atom is 0.573 e. The molecule has 2 N–H and O–H groups in total. The van der Waals surface area contributed by atoms with E-state index < -0.39 is 29.7 Å². The summed E-state index contributed by atoms with van der Waals surface area (Å²) in [4.78, 5) is 37.6. The molecular formula is C25H24F4N6O3. The average Bonchev–Trinajstić information content (AvgIpc) is 2.86. The summed E-state index contributed by atoms with van der Waals surface area (Å²) in [6.07, 6.45) is -2.40. The number of carbonyl (C=O) groups excluding carboxylic acids is 2. The second-order valence-corrected chi connectivity index (χ2v) is 8.64. The molecule has 1 aliphatic heterocycles. The van der Waals surface area contributed by atoms with Gasteiger partial charge in [0, 0.05) is 37.3 Å². The number of nitrogens with one attached hydrogen (secondary N) is 2. The van der Waals surface area contributed by atoms with Crippen LogP contribution in [0.2, 0.25) is 0 Å². The molecular weight excluding hydrogens is 508 g/mol. The molecule has 0 unspecified atom stereocenters. The van der Waals surface area contributed by atoms with Crippen LogP contribution in [0.5, 0.6) is 5.75 Å². The van der Waals surface area contributed by atoms with Gasteiger partial charge < -0.3 is 20.3 Å². The minimum atomic E-state index is -5.00. The SMILES string of the molecule is CN1CCN(CC(=O)Nc2cc(C(=O)Nc3cnc(-c4cccc(F)c4)cn3)ccc2OC(F)(F)F)CC1. The third-order valence-corrected chi connectivity index (χ3v) is 5.72. The maximum atomic E-state index is 13.4. The van der Waals surface area contributed by atoms with Crippen molar-refractivity contribution in [3.05, 3.63) is 66.2 Å². The Morgan fingerprint density at radius 3 is 2.42 bits per heavy atom. The molecule has 0 aliphatic carbocycles. The van der Waals surface area contributed by atoms with Gasteiger partial charge in [-0.15, -0.1) is 13.2 Å². The zero-order chi connectivity index (χ0) is 27.3. The van der Waals surface area contributed by atoms with E-state index in [2.05, 4.69) is 30.2 Å². The number of alkyl halides is 3. The molecule has 3 aromatic rings. The van der Waals surface area contributed by atoms with Gasteiger partial charge in [-0.1, -0.05) is 12.1 Å². The van der Waals surface area contributed by atoms with E-state index in [0.29, 0.717) is 24.3 Å². The molecule has 1 saturated heterocycles. The van der Waals surface area contributed by atoms with E-state index in [1.807, 2.05) is 11.9 Å². The Labute approximate surface area is 215 Å². The Morgan fingerprint density at radius 1 is 1.00 bits per heavy atom. The highest BCUT2D eigenvalue weighted by Gasteiger charge is 2.32. The molecule has 4 rings (SSSR count). The first-order chi connectivity index (χ1) is 18.1. The summed E-state index contributed by atoms with van der Waals surface area (Å²) in [6.45, 7) is 2.77. The fourth-order valence-corrected chi connectivity index (χ4v) is 3.76. The number of anilines is 2. The van der Waals surface area contributed by atoms with Crippen molar-refractivity contribution in [2.24, 2.45) is 0 Å². The fraction of sp³-hybridized carbons (Fsp3) is 0.280. The highest BCUT2D eigenvalue weighted by atomic mass is 19.4. The van der Waals surface area contributed by atoms with Crippen LogP contribution in [0.4, 0.5) is 29.1 Å². The van der Waals surface area contributed by atoms with Gasteiger partial charge in [0.2, 0.25) is 5.91 Å². The lowest BCUT2D eigenvalue weighted by atomic mass is 10.1. The molecule has 0 atom stereocenters. The van der Waals surface area contributed by atoms with Gasteiger partial charge in [0.15, 0.2) is 11.6 Å². The molecule has 0 spiro atoms. The number of benzene rings is 2. The number of hydrogen-bond donors (Lipinski definition) is 2. The van der Waals surface area contributed by atoms with Crippen LogP contribution in [0.1, 0.15) is 10.4 Å². The van der Waals surface area contributed by atoms with Gasteiger partial charge in [-0.05, 0) is 37.4 Å². The van der Waals surface area contributed by atoms with Gasteiger partial charge >= 0.3 is 6.36 Å². The lowest BCUT2D eigenvalue weighted by Gasteiger charge is -2.31. The Bertz CT molecular complexity index is 1300. The first kappa shape index (κ1) is 26.9. The van der Waals surface area contributed by atoms with Gasteiger partial charge in [-0.2, -0.15) is 0 Å². The number of halogens is 4. The minimum absolute atomic E-state index is 0.0248. The summed E-state index contributed by atoms with van der Waals surface area (Å²) in [7, 11) is 1.96. The van der Waals surface area contributed by atoms with E-state index in [1.54, 1.807) is 6.07 Å². The zero-order valence-corrected chi connectivity index (χ0v) is 20.3. The van der Waals surface area contributed by atoms with Crippen LogP contribution in [-0.4, -0.2) is 77.7 Å². The lowest BCUT2D eigenvalue weighted by molar-refractivity contribution is -0.274. The normalized spacial score (nSPS) is 14.7. The van der Waals surface area contributed by atoms with Crippen molar-refractivity contribution in [2.75, 3.05) is 50.4 Å². The number of carbonyl (C=O) groups is 2. The highest BCUT2D eigenvalue weighted by Crippen LogP contribution is 2.31. The number of nitrogens with zero attached hydrogens (tertiary/aromatic N) is 4. The molecule has 0 saturated carbocycles. The molecule has 2 amide bonds. The van der Waals surface area contributed by atoms with E-state index in [-0.39, 0.29) is 23.6 Å². The number of rotatable bonds is 7. The number of ether oxygens (including phenoxy) is 1. The lowest BCUT2D eigenvalue weighted by Crippen LogP contribution is -2.47. The molecule has 2 heterocycles. The third kappa shape index (κ3) is 7.46. The predicted octanol–water partition coefficient (Wildman–Crippen LogP) is 3.62. The highest BCUT2D eigenvalue weighted by molar-refractivity contribution is 6.05. The van der Waals surface area contributed by atoms with Gasteiger partial charge in [-0.25, -0.2) is 9.37 Å². The van der Waals surface area contributed by atoms with E-state index in [1.165, 1.54) is 30.6 Å². The number of amides is 2. The number of piperazine rings is 1. The van der Waals surface area contributed by atoms with Gasteiger partial charge in [0.25, 0.3) is 5.91 Å². The number of aromatic nitrogens is 2. The minimum Gasteiger partial charge on any atom is -0.404 e. The number of likely N-dealkylation sites (N-methyl/N-ethyl adjacent to an activating group) is 1. The van der Waals surface area contributed by atoms with E-state index in [4.69, 9.17) is 0 Å². The summed E-state index contributed by atoms with van der Waals surface area (Å²) in [6, 6.07) is 8.91. The maximum absolute atomic E-state index is 13.4. The van der Waals surface area contributed by atoms with Crippen molar-refractivity contribution in [2.45, 2.75) is 6.36 Å². The van der Waals surface area contributed by atoms with E-state index in [9.17, 15) is 27.2 Å². The van der Waals surface area contributed by atoms with Gasteiger partial charge in [0.1, 0.15) is 5.82 Å². The molecule has 13 heteroatoms. The van der Waals surface area contributed by atoms with Crippen molar-refractivity contribution < 1.29 is 31.9 Å². The van der Waals surface area contributed by atoms with Crippen LogP contribution in [-0.2, 0) is 4.79 Å². The topological polar surface area (TPSA) is 99.7 Å². The second kappa shape index (κ2) is 11.5. The summed E-state index contributed by atoms with van der Waals surface area (Å²) in [5.74, 6) is -2.28. The monoisotopic (exact) mass is 532 g/mol. The Kier molecular flexibility index (Phi) is 8.17. The molecule has 1 aromatic heterocycles. The third-order valence-electron chi connectivity index (χ3n) is 5.72. The standard InChI is InChI=1S/C25H24F4N6O3/c1-34-7-9-35(10-8-34)15-23(36)32-19-12-17(5-6-21(19)38-25(27,28)29)24(37)33-22-14-30-20(13-31-22)16-3-2-4-18(26)11-16/h2-6,11-14H,7-10,15H2,1H3,(H,32,36)(H,31,33,37). The molecule has 1 aliphatic rings. The Morgan fingerprint density at radius 2 is 1.76 bits per heavy atom. The Balaban J connectivity index is 1.47. The van der Waals surface area contributed by atoms with Crippen molar-refractivity contribution in [3.8, 4) is 17.0 Å². The average molecular weight is 532 g/mol. The van der Waals surface area contributed by atoms with Crippen LogP contribution in [0.3, 0.4) is 0 Å². The van der Waals surface area contributed by atoms with E-state index >= 15 is 0 Å². The molecule has 38 heavy (non-hydrogen) atoms. The summed E-state index contributed by atoms with van der Waals surface area (Å²) in [5, 5.41) is 4.91. The fourth-order valence-electron chi connectivity index (χ4n) is 3.76. The van der Waals surface area contributed by atoms with Crippen LogP contribution in [0.15, 0.2) is 54.9 Å². The molecule has 9 nitrogen and oxygen atoms in total. The molecule has 200 valence electrons. The van der Waals surface area contributed by atoms with E-state index in [0.717, 1.165) is 31.3 Å². The van der Waals surface area contributed by atoms with Crippen LogP contribution >= 0.6 is 0 Å². The smallest absolute Gasteiger partial charge is 0.404 e. The Hall–Kier alpha value is -4.10. The summed E-state index contributed by atoms with van der Waals surface area (Å²) < 4.78 is 56.3. The summed E-state index contributed by atoms with van der Waals surface area (Å²) in [5.41, 5.74) is 0.515. The first-order valence-electron chi connectivity index (χ1n) is 11.6. The van der Waals surface area contributed by atoms with Crippen molar-refractivity contribution >= 4 is 23.3 Å². The molecule has 0 radical (unpaired) electrons. The molecule has 0 bridgehead atoms. The van der Waals surface area contributed by atoms with Crippen LogP contribution in [0.25, 0.3) is 11.3 Å². The van der Waals surface area contributed by atoms with Crippen molar-refractivity contribution in [3.63, 3.8) is 0 Å². The van der Waals surface area contributed by atoms with Gasteiger partial charge in [-0.3, -0.25) is 19.5 Å². The van der Waals surface area contributed by atoms with Crippen molar-refractivity contribution in [1.82, 2.24) is 19.8 Å². The predicted molar refractivity (Wildman–Crippen MR) is 131 cm³/mol. The summed E-state index contributed by atoms with van der Waals surface area (Å²) >= 11 is 0. The molecule has 1 fully saturated rings. The van der Waals surface area contributed by atoms with Crippen LogP contribution < -0.4 is 15.4 Å². The largest absolute Gasteiger partial charge is 0.573 e. The zero-order valence-electron chi connectivity index (χ0n) is 20.3. The number of hydrogen-bond acceptors (Lipinski definition) is 7.